The van der Waals surface area contributed by atoms with Gasteiger partial charge in [-0.15, -0.1) is 0 Å². The Morgan fingerprint density at radius 1 is 1.40 bits per heavy atom. The van der Waals surface area contributed by atoms with Gasteiger partial charge < -0.3 is 10.4 Å². The maximum absolute atomic E-state index is 11.6. The Morgan fingerprint density at radius 2 is 2.10 bits per heavy atom. The van der Waals surface area contributed by atoms with Crippen LogP contribution in [0.2, 0.25) is 0 Å². The van der Waals surface area contributed by atoms with Crippen molar-refractivity contribution < 1.29 is 9.90 Å². The predicted octanol–water partition coefficient (Wildman–Crippen LogP) is 3.31. The summed E-state index contributed by atoms with van der Waals surface area (Å²) in [4.78, 5) is 11.6. The number of hydrogen-bond acceptors (Lipinski definition) is 3. The van der Waals surface area contributed by atoms with Crippen LogP contribution in [0.25, 0.3) is 0 Å². The van der Waals surface area contributed by atoms with Gasteiger partial charge in [-0.2, -0.15) is 5.26 Å². The number of aryl methyl sites for hydroxylation is 1. The summed E-state index contributed by atoms with van der Waals surface area (Å²) >= 11 is 0. The number of nitrogens with zero attached hydrogens (tertiary/aromatic N) is 1. The fourth-order valence-electron chi connectivity index (χ4n) is 2.96. The fourth-order valence-corrected chi connectivity index (χ4v) is 2.96. The fraction of sp³-hybridized carbons (Fsp3) is 0.500. The zero-order valence-electron chi connectivity index (χ0n) is 11.7. The van der Waals surface area contributed by atoms with E-state index in [1.54, 1.807) is 6.07 Å². The van der Waals surface area contributed by atoms with Crippen LogP contribution in [0.3, 0.4) is 0 Å². The van der Waals surface area contributed by atoms with Crippen molar-refractivity contribution in [1.29, 1.82) is 5.26 Å². The maximum Gasteiger partial charge on any atom is 0.326 e. The number of nitrogens with one attached hydrogen (secondary N) is 1. The molecule has 0 heterocycles. The normalized spacial score (nSPS) is 17.2. The molecule has 1 aliphatic rings. The molecule has 1 saturated carbocycles. The molecule has 0 radical (unpaired) electrons. The second kappa shape index (κ2) is 6.42. The van der Waals surface area contributed by atoms with Crippen LogP contribution in [0.1, 0.15) is 43.2 Å². The number of aliphatic carboxylic acids is 1. The summed E-state index contributed by atoms with van der Waals surface area (Å²) in [7, 11) is 0. The third kappa shape index (κ3) is 3.11. The lowest BCUT2D eigenvalue weighted by Crippen LogP contribution is -2.38. The van der Waals surface area contributed by atoms with Crippen molar-refractivity contribution in [2.24, 2.45) is 5.92 Å². The Bertz CT molecular complexity index is 528. The molecule has 1 atom stereocenters. The zero-order valence-corrected chi connectivity index (χ0v) is 11.7. The minimum Gasteiger partial charge on any atom is -0.480 e. The van der Waals surface area contributed by atoms with Gasteiger partial charge in [-0.25, -0.2) is 4.79 Å². The number of benzene rings is 1. The number of anilines is 1. The first-order chi connectivity index (χ1) is 9.63. The smallest absolute Gasteiger partial charge is 0.326 e. The molecule has 0 amide bonds. The van der Waals surface area contributed by atoms with Crippen molar-refractivity contribution in [2.45, 2.75) is 45.1 Å². The highest BCUT2D eigenvalue weighted by Gasteiger charge is 2.30. The first-order valence-electron chi connectivity index (χ1n) is 7.12. The molecular formula is C16H20N2O2. The molecule has 1 aromatic carbocycles. The summed E-state index contributed by atoms with van der Waals surface area (Å²) in [6.07, 6.45) is 5.26. The molecule has 1 aliphatic carbocycles. The van der Waals surface area contributed by atoms with Crippen LogP contribution in [0.15, 0.2) is 18.2 Å². The van der Waals surface area contributed by atoms with Crippen molar-refractivity contribution >= 4 is 11.7 Å². The van der Waals surface area contributed by atoms with Crippen molar-refractivity contribution in [3.8, 4) is 6.07 Å². The Kier molecular flexibility index (Phi) is 4.62. The molecule has 0 aromatic heterocycles. The van der Waals surface area contributed by atoms with E-state index in [-0.39, 0.29) is 5.92 Å². The van der Waals surface area contributed by atoms with E-state index in [1.807, 2.05) is 19.1 Å². The molecule has 0 aliphatic heterocycles. The maximum atomic E-state index is 11.6. The largest absolute Gasteiger partial charge is 0.480 e. The van der Waals surface area contributed by atoms with Gasteiger partial charge in [0, 0.05) is 0 Å². The monoisotopic (exact) mass is 272 g/mol. The number of carboxylic acid groups (broad SMARTS) is 1. The van der Waals surface area contributed by atoms with E-state index in [0.717, 1.165) is 31.2 Å². The second-order valence-corrected chi connectivity index (χ2v) is 5.47. The summed E-state index contributed by atoms with van der Waals surface area (Å²) in [5.41, 5.74) is 2.08. The molecule has 20 heavy (non-hydrogen) atoms. The van der Waals surface area contributed by atoms with Gasteiger partial charge in [-0.3, -0.25) is 0 Å². The van der Waals surface area contributed by atoms with Crippen LogP contribution in [0, 0.1) is 24.2 Å². The molecule has 2 rings (SSSR count). The van der Waals surface area contributed by atoms with Gasteiger partial charge in [0.25, 0.3) is 0 Å². The van der Waals surface area contributed by atoms with Gasteiger partial charge in [-0.1, -0.05) is 31.4 Å². The first kappa shape index (κ1) is 14.4. The van der Waals surface area contributed by atoms with Crippen LogP contribution < -0.4 is 5.32 Å². The average Bonchev–Trinajstić information content (AvgIpc) is 2.46. The van der Waals surface area contributed by atoms with E-state index in [0.29, 0.717) is 11.3 Å². The highest BCUT2D eigenvalue weighted by Crippen LogP contribution is 2.30. The topological polar surface area (TPSA) is 73.1 Å². The molecule has 106 valence electrons. The van der Waals surface area contributed by atoms with Crippen molar-refractivity contribution in [3.05, 3.63) is 29.3 Å². The van der Waals surface area contributed by atoms with Gasteiger partial charge >= 0.3 is 5.97 Å². The number of para-hydroxylation sites is 1. The van der Waals surface area contributed by atoms with Gasteiger partial charge in [0.1, 0.15) is 12.1 Å². The van der Waals surface area contributed by atoms with E-state index >= 15 is 0 Å². The molecule has 1 aromatic rings. The number of nitriles is 1. The minimum absolute atomic E-state index is 0.146. The van der Waals surface area contributed by atoms with Crippen LogP contribution in [-0.2, 0) is 4.79 Å². The Labute approximate surface area is 119 Å². The number of rotatable bonds is 4. The lowest BCUT2D eigenvalue weighted by molar-refractivity contribution is -0.139. The van der Waals surface area contributed by atoms with E-state index < -0.39 is 12.0 Å². The third-order valence-corrected chi connectivity index (χ3v) is 4.08. The minimum atomic E-state index is -0.830. The molecule has 0 bridgehead atoms. The lowest BCUT2D eigenvalue weighted by atomic mass is 9.83. The van der Waals surface area contributed by atoms with Crippen molar-refractivity contribution in [3.63, 3.8) is 0 Å². The zero-order chi connectivity index (χ0) is 14.5. The standard InChI is InChI=1S/C16H20N2O2/c1-11-6-5-9-13(10-17)14(11)18-15(16(19)20)12-7-3-2-4-8-12/h5-6,9,12,15,18H,2-4,7-8H2,1H3,(H,19,20). The van der Waals surface area contributed by atoms with Crippen LogP contribution in [0.4, 0.5) is 5.69 Å². The lowest BCUT2D eigenvalue weighted by Gasteiger charge is -2.29. The molecular weight excluding hydrogens is 252 g/mol. The molecule has 4 nitrogen and oxygen atoms in total. The van der Waals surface area contributed by atoms with Crippen molar-refractivity contribution in [2.75, 3.05) is 5.32 Å². The first-order valence-corrected chi connectivity index (χ1v) is 7.12. The average molecular weight is 272 g/mol. The summed E-state index contributed by atoms with van der Waals surface area (Å²) < 4.78 is 0. The summed E-state index contributed by atoms with van der Waals surface area (Å²) in [5.74, 6) is -0.684. The molecule has 4 heteroatoms. The van der Waals surface area contributed by atoms with Crippen LogP contribution >= 0.6 is 0 Å². The van der Waals surface area contributed by atoms with Gasteiger partial charge in [-0.05, 0) is 37.3 Å². The van der Waals surface area contributed by atoms with E-state index in [4.69, 9.17) is 5.26 Å². The van der Waals surface area contributed by atoms with Gasteiger partial charge in [0.05, 0.1) is 11.3 Å². The highest BCUT2D eigenvalue weighted by molar-refractivity contribution is 5.79. The molecule has 0 saturated heterocycles. The molecule has 2 N–H and O–H groups in total. The number of carboxylic acids is 1. The van der Waals surface area contributed by atoms with Crippen LogP contribution in [-0.4, -0.2) is 17.1 Å². The number of hydrogen-bond donors (Lipinski definition) is 2. The second-order valence-electron chi connectivity index (χ2n) is 5.47. The molecule has 1 unspecified atom stereocenters. The molecule has 1 fully saturated rings. The molecule has 0 spiro atoms. The Morgan fingerprint density at radius 3 is 2.70 bits per heavy atom. The SMILES string of the molecule is Cc1cccc(C#N)c1NC(C(=O)O)C1CCCCC1. The summed E-state index contributed by atoms with van der Waals surface area (Å²) in [5, 5.41) is 21.8. The number of carbonyl (C=O) groups is 1. The predicted molar refractivity (Wildman–Crippen MR) is 77.5 cm³/mol. The van der Waals surface area contributed by atoms with E-state index in [2.05, 4.69) is 11.4 Å². The van der Waals surface area contributed by atoms with Gasteiger partial charge in [0.2, 0.25) is 0 Å². The summed E-state index contributed by atoms with van der Waals surface area (Å²) in [6, 6.07) is 6.94. The Balaban J connectivity index is 2.24. The highest BCUT2D eigenvalue weighted by atomic mass is 16.4. The quantitative estimate of drug-likeness (QED) is 0.882. The van der Waals surface area contributed by atoms with E-state index in [9.17, 15) is 9.90 Å². The van der Waals surface area contributed by atoms with E-state index in [1.165, 1.54) is 6.42 Å². The Hall–Kier alpha value is -2.02. The van der Waals surface area contributed by atoms with Crippen LogP contribution in [0.5, 0.6) is 0 Å². The summed E-state index contributed by atoms with van der Waals surface area (Å²) in [6.45, 7) is 1.89. The third-order valence-electron chi connectivity index (χ3n) is 4.08. The van der Waals surface area contributed by atoms with Crippen molar-refractivity contribution in [1.82, 2.24) is 0 Å². The van der Waals surface area contributed by atoms with Gasteiger partial charge in [0.15, 0.2) is 0 Å².